The number of aryl methyl sites for hydroxylation is 1. The maximum absolute atomic E-state index is 12.5. The van der Waals surface area contributed by atoms with Crippen molar-refractivity contribution in [3.63, 3.8) is 0 Å². The highest BCUT2D eigenvalue weighted by Crippen LogP contribution is 2.23. The second kappa shape index (κ2) is 6.54. The Morgan fingerprint density at radius 3 is 2.95 bits per heavy atom. The van der Waals surface area contributed by atoms with Crippen molar-refractivity contribution < 1.29 is 9.53 Å². The van der Waals surface area contributed by atoms with Crippen molar-refractivity contribution in [2.45, 2.75) is 18.9 Å². The molecule has 5 nitrogen and oxygen atoms in total. The number of morpholine rings is 1. The lowest BCUT2D eigenvalue weighted by atomic mass is 10.1. The fourth-order valence-electron chi connectivity index (χ4n) is 2.65. The van der Waals surface area contributed by atoms with Crippen molar-refractivity contribution >= 4 is 5.91 Å². The number of nitrogens with one attached hydrogen (secondary N) is 1. The van der Waals surface area contributed by atoms with E-state index in [0.717, 1.165) is 12.1 Å². The summed E-state index contributed by atoms with van der Waals surface area (Å²) in [4.78, 5) is 14.4. The molecule has 21 heavy (non-hydrogen) atoms. The molecule has 1 saturated heterocycles. The van der Waals surface area contributed by atoms with Crippen LogP contribution in [0.4, 0.5) is 0 Å². The number of ether oxygens (including phenoxy) is 1. The molecule has 0 saturated carbocycles. The second-order valence-electron chi connectivity index (χ2n) is 5.18. The van der Waals surface area contributed by atoms with Crippen molar-refractivity contribution in [3.8, 4) is 0 Å². The second-order valence-corrected chi connectivity index (χ2v) is 5.18. The summed E-state index contributed by atoms with van der Waals surface area (Å²) < 4.78 is 5.51. The van der Waals surface area contributed by atoms with E-state index in [-0.39, 0.29) is 11.9 Å². The molecule has 1 N–H and O–H groups in total. The van der Waals surface area contributed by atoms with Gasteiger partial charge in [0.1, 0.15) is 0 Å². The largest absolute Gasteiger partial charge is 0.377 e. The number of hydrogen-bond acceptors (Lipinski definition) is 3. The molecule has 1 amide bonds. The van der Waals surface area contributed by atoms with Gasteiger partial charge in [0.15, 0.2) is 0 Å². The first-order valence-corrected chi connectivity index (χ1v) is 7.25. The van der Waals surface area contributed by atoms with Crippen LogP contribution in [0.15, 0.2) is 42.6 Å². The highest BCUT2D eigenvalue weighted by molar-refractivity contribution is 5.77. The van der Waals surface area contributed by atoms with E-state index in [2.05, 4.69) is 22.3 Å². The van der Waals surface area contributed by atoms with Gasteiger partial charge < -0.3 is 9.64 Å². The summed E-state index contributed by atoms with van der Waals surface area (Å²) in [6.45, 7) is 1.76. The minimum absolute atomic E-state index is 0.0514. The number of rotatable bonds is 4. The molecule has 0 bridgehead atoms. The molecule has 0 aliphatic carbocycles. The lowest BCUT2D eigenvalue weighted by Crippen LogP contribution is -2.43. The van der Waals surface area contributed by atoms with Gasteiger partial charge in [-0.15, -0.1) is 0 Å². The van der Waals surface area contributed by atoms with Crippen LogP contribution in [-0.2, 0) is 16.0 Å². The van der Waals surface area contributed by atoms with Crippen LogP contribution in [0.3, 0.4) is 0 Å². The van der Waals surface area contributed by atoms with Gasteiger partial charge in [-0.1, -0.05) is 30.3 Å². The molecular weight excluding hydrogens is 266 g/mol. The third kappa shape index (κ3) is 3.31. The Kier molecular flexibility index (Phi) is 4.31. The molecule has 110 valence electrons. The van der Waals surface area contributed by atoms with Gasteiger partial charge in [-0.05, 0) is 18.1 Å². The first-order valence-electron chi connectivity index (χ1n) is 7.25. The van der Waals surface area contributed by atoms with Crippen molar-refractivity contribution in [1.29, 1.82) is 0 Å². The summed E-state index contributed by atoms with van der Waals surface area (Å²) in [7, 11) is 0. The third-order valence-corrected chi connectivity index (χ3v) is 3.80. The van der Waals surface area contributed by atoms with Crippen LogP contribution >= 0.6 is 0 Å². The van der Waals surface area contributed by atoms with Crippen molar-refractivity contribution in [3.05, 3.63) is 53.9 Å². The molecule has 0 radical (unpaired) electrons. The molecule has 3 rings (SSSR count). The molecule has 1 fully saturated rings. The molecule has 0 spiro atoms. The Labute approximate surface area is 123 Å². The average molecular weight is 285 g/mol. The van der Waals surface area contributed by atoms with Crippen LogP contribution in [0.2, 0.25) is 0 Å². The molecule has 2 heterocycles. The fourth-order valence-corrected chi connectivity index (χ4v) is 2.65. The molecule has 1 atom stereocenters. The van der Waals surface area contributed by atoms with Crippen LogP contribution in [0.1, 0.15) is 23.7 Å². The van der Waals surface area contributed by atoms with E-state index in [1.807, 2.05) is 29.2 Å². The fraction of sp³-hybridized carbons (Fsp3) is 0.375. The summed E-state index contributed by atoms with van der Waals surface area (Å²) in [6.07, 6.45) is 3.00. The number of amides is 1. The quantitative estimate of drug-likeness (QED) is 0.934. The van der Waals surface area contributed by atoms with Gasteiger partial charge in [0, 0.05) is 19.2 Å². The predicted molar refractivity (Wildman–Crippen MR) is 78.6 cm³/mol. The van der Waals surface area contributed by atoms with Crippen molar-refractivity contribution in [2.75, 3.05) is 19.8 Å². The lowest BCUT2D eigenvalue weighted by molar-refractivity contribution is -0.140. The zero-order valence-corrected chi connectivity index (χ0v) is 11.9. The van der Waals surface area contributed by atoms with Crippen LogP contribution in [-0.4, -0.2) is 40.8 Å². The molecular formula is C16H19N3O2. The molecule has 2 aromatic rings. The van der Waals surface area contributed by atoms with Crippen LogP contribution in [0.5, 0.6) is 0 Å². The standard InChI is InChI=1S/C16H19N3O2/c20-16(7-6-13-4-2-1-3-5-13)19-10-11-21-12-15(19)14-8-9-17-18-14/h1-5,8-9,15H,6-7,10-12H2,(H,17,18)/t15-/m1/s1. The van der Waals surface area contributed by atoms with Gasteiger partial charge in [0.25, 0.3) is 0 Å². The summed E-state index contributed by atoms with van der Waals surface area (Å²) in [6, 6.07) is 11.9. The number of aromatic amines is 1. The van der Waals surface area contributed by atoms with E-state index in [1.165, 1.54) is 5.56 Å². The Balaban J connectivity index is 1.64. The number of benzene rings is 1. The lowest BCUT2D eigenvalue weighted by Gasteiger charge is -2.35. The highest BCUT2D eigenvalue weighted by atomic mass is 16.5. The normalized spacial score (nSPS) is 18.7. The summed E-state index contributed by atoms with van der Waals surface area (Å²) in [5.74, 6) is 0.168. The maximum atomic E-state index is 12.5. The van der Waals surface area contributed by atoms with E-state index >= 15 is 0 Å². The van der Waals surface area contributed by atoms with Gasteiger partial charge in [-0.2, -0.15) is 5.10 Å². The summed E-state index contributed by atoms with van der Waals surface area (Å²) in [5.41, 5.74) is 2.12. The Hall–Kier alpha value is -2.14. The Morgan fingerprint density at radius 2 is 2.19 bits per heavy atom. The number of hydrogen-bond donors (Lipinski definition) is 1. The van der Waals surface area contributed by atoms with Gasteiger partial charge in [-0.25, -0.2) is 0 Å². The number of aromatic nitrogens is 2. The van der Waals surface area contributed by atoms with E-state index in [0.29, 0.717) is 26.2 Å². The molecule has 1 aromatic carbocycles. The van der Waals surface area contributed by atoms with E-state index in [1.54, 1.807) is 6.20 Å². The molecule has 5 heteroatoms. The number of nitrogens with zero attached hydrogens (tertiary/aromatic N) is 2. The van der Waals surface area contributed by atoms with Gasteiger partial charge >= 0.3 is 0 Å². The first kappa shape index (κ1) is 13.8. The third-order valence-electron chi connectivity index (χ3n) is 3.80. The predicted octanol–water partition coefficient (Wildman–Crippen LogP) is 1.94. The number of carbonyl (C=O) groups is 1. The van der Waals surface area contributed by atoms with Gasteiger partial charge in [-0.3, -0.25) is 9.89 Å². The monoisotopic (exact) mass is 285 g/mol. The van der Waals surface area contributed by atoms with Crippen molar-refractivity contribution in [2.24, 2.45) is 0 Å². The highest BCUT2D eigenvalue weighted by Gasteiger charge is 2.29. The van der Waals surface area contributed by atoms with E-state index in [9.17, 15) is 4.79 Å². The first-order chi connectivity index (χ1) is 10.3. The molecule has 0 unspecified atom stereocenters. The average Bonchev–Trinajstić information content (AvgIpc) is 3.08. The van der Waals surface area contributed by atoms with Crippen molar-refractivity contribution in [1.82, 2.24) is 15.1 Å². The van der Waals surface area contributed by atoms with Crippen LogP contribution < -0.4 is 0 Å². The SMILES string of the molecule is O=C(CCc1ccccc1)N1CCOC[C@@H]1c1ccn[nH]1. The minimum Gasteiger partial charge on any atom is -0.377 e. The van der Waals surface area contributed by atoms with E-state index < -0.39 is 0 Å². The maximum Gasteiger partial charge on any atom is 0.223 e. The number of carbonyl (C=O) groups excluding carboxylic acids is 1. The molecule has 1 aliphatic heterocycles. The zero-order valence-electron chi connectivity index (χ0n) is 11.9. The van der Waals surface area contributed by atoms with Crippen LogP contribution in [0.25, 0.3) is 0 Å². The summed E-state index contributed by atoms with van der Waals surface area (Å²) in [5, 5.41) is 6.91. The summed E-state index contributed by atoms with van der Waals surface area (Å²) >= 11 is 0. The molecule has 1 aliphatic rings. The van der Waals surface area contributed by atoms with Crippen LogP contribution in [0, 0.1) is 0 Å². The zero-order chi connectivity index (χ0) is 14.5. The number of H-pyrrole nitrogens is 1. The van der Waals surface area contributed by atoms with Gasteiger partial charge in [0.05, 0.1) is 24.9 Å². The van der Waals surface area contributed by atoms with E-state index in [4.69, 9.17) is 4.74 Å². The topological polar surface area (TPSA) is 58.2 Å². The van der Waals surface area contributed by atoms with Gasteiger partial charge in [0.2, 0.25) is 5.91 Å². The molecule has 1 aromatic heterocycles. The smallest absolute Gasteiger partial charge is 0.223 e. The Bertz CT molecular complexity index is 568. The Morgan fingerprint density at radius 1 is 1.33 bits per heavy atom. The minimum atomic E-state index is -0.0514.